The van der Waals surface area contributed by atoms with Crippen molar-refractivity contribution in [2.75, 3.05) is 24.5 Å². The lowest BCUT2D eigenvalue weighted by molar-refractivity contribution is -0.119. The first-order valence-corrected chi connectivity index (χ1v) is 7.95. The van der Waals surface area contributed by atoms with E-state index in [0.29, 0.717) is 12.5 Å². The van der Waals surface area contributed by atoms with Gasteiger partial charge >= 0.3 is 0 Å². The van der Waals surface area contributed by atoms with Gasteiger partial charge in [0.1, 0.15) is 0 Å². The number of carbonyl (C=O) groups is 1. The van der Waals surface area contributed by atoms with Gasteiger partial charge in [0.15, 0.2) is 0 Å². The van der Waals surface area contributed by atoms with Gasteiger partial charge in [0.2, 0.25) is 5.91 Å². The molecular formula is C17H24N2O2. The van der Waals surface area contributed by atoms with Crippen molar-refractivity contribution in [1.82, 2.24) is 4.90 Å². The Bertz CT molecular complexity index is 507. The molecule has 4 heteroatoms. The Morgan fingerprint density at radius 3 is 2.67 bits per heavy atom. The third-order valence-electron chi connectivity index (χ3n) is 4.57. The summed E-state index contributed by atoms with van der Waals surface area (Å²) in [5.41, 5.74) is 2.41. The molecule has 1 saturated heterocycles. The lowest BCUT2D eigenvalue weighted by Crippen LogP contribution is -2.50. The van der Waals surface area contributed by atoms with Crippen LogP contribution in [0.1, 0.15) is 31.7 Å². The monoisotopic (exact) mass is 288 g/mol. The molecule has 0 aliphatic carbocycles. The molecular weight excluding hydrogens is 264 g/mol. The van der Waals surface area contributed by atoms with E-state index in [0.717, 1.165) is 44.6 Å². The highest BCUT2D eigenvalue weighted by Crippen LogP contribution is 2.32. The lowest BCUT2D eigenvalue weighted by atomic mass is 9.95. The number of nitrogens with zero attached hydrogens (tertiary/aromatic N) is 2. The van der Waals surface area contributed by atoms with E-state index >= 15 is 0 Å². The summed E-state index contributed by atoms with van der Waals surface area (Å²) in [7, 11) is 0. The van der Waals surface area contributed by atoms with Crippen molar-refractivity contribution in [1.29, 1.82) is 0 Å². The number of carbonyl (C=O) groups excluding carboxylic acids is 1. The third kappa shape index (κ3) is 3.11. The summed E-state index contributed by atoms with van der Waals surface area (Å²) in [6.07, 6.45) is 3.20. The molecule has 114 valence electrons. The summed E-state index contributed by atoms with van der Waals surface area (Å²) in [5, 5.41) is 9.49. The fraction of sp³-hybridized carbons (Fsp3) is 0.588. The maximum absolute atomic E-state index is 12.4. The normalized spacial score (nSPS) is 22.2. The van der Waals surface area contributed by atoms with Gasteiger partial charge in [-0.1, -0.05) is 18.2 Å². The van der Waals surface area contributed by atoms with E-state index in [1.54, 1.807) is 0 Å². The molecule has 0 bridgehead atoms. The molecule has 1 aromatic rings. The number of aliphatic hydroxyl groups excluding tert-OH is 1. The van der Waals surface area contributed by atoms with E-state index < -0.39 is 0 Å². The van der Waals surface area contributed by atoms with Crippen LogP contribution in [-0.2, 0) is 11.2 Å². The standard InChI is InChI=1S/C17H24N2O2/c1-13(20)12-18-10-8-15(9-11-18)19-16-5-3-2-4-14(16)6-7-17(19)21/h2-5,13,15,20H,6-12H2,1H3. The quantitative estimate of drug-likeness (QED) is 0.922. The number of hydrogen-bond donors (Lipinski definition) is 1. The van der Waals surface area contributed by atoms with Gasteiger partial charge in [0.05, 0.1) is 6.10 Å². The average molecular weight is 288 g/mol. The largest absolute Gasteiger partial charge is 0.392 e. The van der Waals surface area contributed by atoms with E-state index in [1.165, 1.54) is 5.56 Å². The molecule has 1 N–H and O–H groups in total. The maximum atomic E-state index is 12.4. The van der Waals surface area contributed by atoms with Crippen LogP contribution in [0.15, 0.2) is 24.3 Å². The highest BCUT2D eigenvalue weighted by atomic mass is 16.3. The van der Waals surface area contributed by atoms with Crippen LogP contribution < -0.4 is 4.90 Å². The molecule has 0 radical (unpaired) electrons. The Balaban J connectivity index is 1.72. The maximum Gasteiger partial charge on any atom is 0.227 e. The van der Waals surface area contributed by atoms with Crippen LogP contribution in [0.25, 0.3) is 0 Å². The van der Waals surface area contributed by atoms with Gasteiger partial charge in [-0.15, -0.1) is 0 Å². The summed E-state index contributed by atoms with van der Waals surface area (Å²) in [5.74, 6) is 0.266. The molecule has 3 rings (SSSR count). The number of hydrogen-bond acceptors (Lipinski definition) is 3. The van der Waals surface area contributed by atoms with Gasteiger partial charge in [-0.3, -0.25) is 4.79 Å². The molecule has 2 heterocycles. The molecule has 1 fully saturated rings. The Labute approximate surface area is 126 Å². The molecule has 1 unspecified atom stereocenters. The van der Waals surface area contributed by atoms with Crippen LogP contribution in [0.5, 0.6) is 0 Å². The van der Waals surface area contributed by atoms with Crippen LogP contribution in [0.2, 0.25) is 0 Å². The summed E-state index contributed by atoms with van der Waals surface area (Å²) < 4.78 is 0. The molecule has 1 amide bonds. The number of rotatable bonds is 3. The predicted octanol–water partition coefficient (Wildman–Crippen LogP) is 1.81. The van der Waals surface area contributed by atoms with E-state index in [4.69, 9.17) is 0 Å². The van der Waals surface area contributed by atoms with Crippen LogP contribution in [0.4, 0.5) is 5.69 Å². The zero-order valence-corrected chi connectivity index (χ0v) is 12.7. The molecule has 2 aliphatic rings. The number of piperidine rings is 1. The van der Waals surface area contributed by atoms with Crippen molar-refractivity contribution in [2.45, 2.75) is 44.8 Å². The van der Waals surface area contributed by atoms with Crippen molar-refractivity contribution in [3.8, 4) is 0 Å². The van der Waals surface area contributed by atoms with E-state index in [-0.39, 0.29) is 12.0 Å². The molecule has 0 aromatic heterocycles. The molecule has 4 nitrogen and oxygen atoms in total. The number of amides is 1. The van der Waals surface area contributed by atoms with E-state index in [9.17, 15) is 9.90 Å². The molecule has 2 aliphatic heterocycles. The van der Waals surface area contributed by atoms with Crippen LogP contribution in [0, 0.1) is 0 Å². The number of aryl methyl sites for hydroxylation is 1. The first-order valence-electron chi connectivity index (χ1n) is 7.95. The van der Waals surface area contributed by atoms with Gasteiger partial charge in [-0.25, -0.2) is 0 Å². The number of benzene rings is 1. The summed E-state index contributed by atoms with van der Waals surface area (Å²) >= 11 is 0. The zero-order chi connectivity index (χ0) is 14.8. The number of likely N-dealkylation sites (tertiary alicyclic amines) is 1. The first-order chi connectivity index (χ1) is 10.1. The Kier molecular flexibility index (Phi) is 4.27. The number of anilines is 1. The third-order valence-corrected chi connectivity index (χ3v) is 4.57. The van der Waals surface area contributed by atoms with Gasteiger partial charge < -0.3 is 14.9 Å². The number of fused-ring (bicyclic) bond motifs is 1. The Morgan fingerprint density at radius 1 is 1.24 bits per heavy atom. The van der Waals surface area contributed by atoms with Gasteiger partial charge in [-0.05, 0) is 37.8 Å². The highest BCUT2D eigenvalue weighted by Gasteiger charge is 2.32. The predicted molar refractivity (Wildman–Crippen MR) is 83.4 cm³/mol. The number of aliphatic hydroxyl groups is 1. The molecule has 1 aromatic carbocycles. The van der Waals surface area contributed by atoms with Crippen molar-refractivity contribution in [2.24, 2.45) is 0 Å². The van der Waals surface area contributed by atoms with E-state index in [2.05, 4.69) is 23.1 Å². The first kappa shape index (κ1) is 14.5. The second-order valence-electron chi connectivity index (χ2n) is 6.27. The fourth-order valence-corrected chi connectivity index (χ4v) is 3.59. The van der Waals surface area contributed by atoms with Crippen LogP contribution in [-0.4, -0.2) is 47.7 Å². The SMILES string of the molecule is CC(O)CN1CCC(N2C(=O)CCc3ccccc32)CC1. The topological polar surface area (TPSA) is 43.8 Å². The van der Waals surface area contributed by atoms with Crippen LogP contribution in [0.3, 0.4) is 0 Å². The second kappa shape index (κ2) is 6.16. The average Bonchev–Trinajstić information content (AvgIpc) is 2.48. The number of β-amino-alcohol motifs (C(OH)–C–C–N with tert-alkyl or cyclic N) is 1. The second-order valence-corrected chi connectivity index (χ2v) is 6.27. The Hall–Kier alpha value is -1.39. The molecule has 21 heavy (non-hydrogen) atoms. The molecule has 0 saturated carbocycles. The minimum atomic E-state index is -0.279. The smallest absolute Gasteiger partial charge is 0.227 e. The summed E-state index contributed by atoms with van der Waals surface area (Å²) in [4.78, 5) is 16.7. The van der Waals surface area contributed by atoms with Crippen molar-refractivity contribution in [3.05, 3.63) is 29.8 Å². The van der Waals surface area contributed by atoms with Crippen LogP contribution >= 0.6 is 0 Å². The zero-order valence-electron chi connectivity index (χ0n) is 12.7. The van der Waals surface area contributed by atoms with E-state index in [1.807, 2.05) is 17.9 Å². The lowest BCUT2D eigenvalue weighted by Gasteiger charge is -2.41. The van der Waals surface area contributed by atoms with Gasteiger partial charge in [0.25, 0.3) is 0 Å². The molecule has 1 atom stereocenters. The molecule has 0 spiro atoms. The highest BCUT2D eigenvalue weighted by molar-refractivity contribution is 5.97. The summed E-state index contributed by atoms with van der Waals surface area (Å²) in [6, 6.07) is 8.60. The number of para-hydroxylation sites is 1. The minimum absolute atomic E-state index is 0.266. The van der Waals surface area contributed by atoms with Crippen molar-refractivity contribution < 1.29 is 9.90 Å². The minimum Gasteiger partial charge on any atom is -0.392 e. The Morgan fingerprint density at radius 2 is 1.95 bits per heavy atom. The van der Waals surface area contributed by atoms with Gasteiger partial charge in [0, 0.05) is 37.8 Å². The van der Waals surface area contributed by atoms with Gasteiger partial charge in [-0.2, -0.15) is 0 Å². The van der Waals surface area contributed by atoms with Crippen molar-refractivity contribution >= 4 is 11.6 Å². The fourth-order valence-electron chi connectivity index (χ4n) is 3.59. The summed E-state index contributed by atoms with van der Waals surface area (Å²) in [6.45, 7) is 4.48. The van der Waals surface area contributed by atoms with Crippen molar-refractivity contribution in [3.63, 3.8) is 0 Å².